The third kappa shape index (κ3) is 4.84. The molecule has 0 fully saturated rings. The zero-order valence-corrected chi connectivity index (χ0v) is 15.7. The van der Waals surface area contributed by atoms with Gasteiger partial charge in [-0.3, -0.25) is 4.98 Å². The van der Waals surface area contributed by atoms with Crippen molar-refractivity contribution in [2.45, 2.75) is 52.7 Å². The largest absolute Gasteiger partial charge is 0.480 e. The molecular formula is C19H25N3O4. The van der Waals surface area contributed by atoms with Crippen LogP contribution in [0.1, 0.15) is 37.7 Å². The predicted octanol–water partition coefficient (Wildman–Crippen LogP) is 3.01. The molecule has 7 heteroatoms. The molecule has 26 heavy (non-hydrogen) atoms. The van der Waals surface area contributed by atoms with Crippen LogP contribution in [0.4, 0.5) is 4.79 Å². The number of ether oxygens (including phenoxy) is 1. The summed E-state index contributed by atoms with van der Waals surface area (Å²) in [5.74, 6) is -1.11. The lowest BCUT2D eigenvalue weighted by molar-refractivity contribution is -0.139. The first-order valence-corrected chi connectivity index (χ1v) is 8.39. The molecule has 1 atom stereocenters. The number of aromatic nitrogens is 2. The fourth-order valence-corrected chi connectivity index (χ4v) is 2.79. The fraction of sp³-hybridized carbons (Fsp3) is 0.421. The molecule has 1 unspecified atom stereocenters. The van der Waals surface area contributed by atoms with E-state index in [-0.39, 0.29) is 6.42 Å². The fourth-order valence-electron chi connectivity index (χ4n) is 2.79. The highest BCUT2D eigenvalue weighted by molar-refractivity contribution is 5.80. The molecule has 0 radical (unpaired) electrons. The molecule has 7 nitrogen and oxygen atoms in total. The van der Waals surface area contributed by atoms with Gasteiger partial charge in [0.05, 0.1) is 11.9 Å². The lowest BCUT2D eigenvalue weighted by Gasteiger charge is -2.22. The Balaban J connectivity index is 2.22. The molecule has 2 aromatic rings. The second kappa shape index (κ2) is 7.59. The number of hydrogen-bond donors (Lipinski definition) is 2. The van der Waals surface area contributed by atoms with E-state index >= 15 is 0 Å². The monoisotopic (exact) mass is 359 g/mol. The highest BCUT2D eigenvalue weighted by atomic mass is 16.6. The molecule has 0 saturated heterocycles. The van der Waals surface area contributed by atoms with Gasteiger partial charge in [0.2, 0.25) is 0 Å². The van der Waals surface area contributed by atoms with Gasteiger partial charge in [-0.1, -0.05) is 0 Å². The molecule has 0 aromatic carbocycles. The minimum absolute atomic E-state index is 0.161. The topological polar surface area (TPSA) is 93.5 Å². The van der Waals surface area contributed by atoms with E-state index < -0.39 is 23.7 Å². The third-order valence-corrected chi connectivity index (χ3v) is 3.85. The number of amides is 1. The number of aryl methyl sites for hydroxylation is 1. The van der Waals surface area contributed by atoms with E-state index in [1.807, 2.05) is 36.6 Å². The molecule has 2 N–H and O–H groups in total. The normalized spacial score (nSPS) is 12.5. The van der Waals surface area contributed by atoms with E-state index in [4.69, 9.17) is 4.74 Å². The van der Waals surface area contributed by atoms with Gasteiger partial charge in [-0.15, -0.1) is 0 Å². The van der Waals surface area contributed by atoms with Gasteiger partial charge in [0.15, 0.2) is 0 Å². The van der Waals surface area contributed by atoms with Gasteiger partial charge in [-0.25, -0.2) is 9.59 Å². The average Bonchev–Trinajstić information content (AvgIpc) is 2.79. The maximum absolute atomic E-state index is 11.9. The summed E-state index contributed by atoms with van der Waals surface area (Å²) in [4.78, 5) is 27.6. The maximum atomic E-state index is 11.9. The number of rotatable bonds is 5. The summed E-state index contributed by atoms with van der Waals surface area (Å²) in [6.45, 7) is 9.04. The molecule has 0 aliphatic rings. The summed E-state index contributed by atoms with van der Waals surface area (Å²) in [6, 6.07) is 4.63. The second-order valence-electron chi connectivity index (χ2n) is 7.18. The van der Waals surface area contributed by atoms with Crippen LogP contribution in [-0.4, -0.2) is 38.4 Å². The maximum Gasteiger partial charge on any atom is 0.408 e. The van der Waals surface area contributed by atoms with Crippen LogP contribution in [-0.2, 0) is 16.0 Å². The van der Waals surface area contributed by atoms with Crippen molar-refractivity contribution in [1.29, 1.82) is 0 Å². The zero-order chi connectivity index (χ0) is 19.5. The standard InChI is InChI=1S/C19H25N3O4/c1-12-9-14(13(2)22(12)15-7-6-8-20-11-15)10-16(17(23)24)21-18(25)26-19(3,4)5/h6-9,11,16H,10H2,1-5H3,(H,21,25)(H,23,24). The van der Waals surface area contributed by atoms with Crippen LogP contribution in [0.5, 0.6) is 0 Å². The molecule has 0 saturated carbocycles. The summed E-state index contributed by atoms with van der Waals surface area (Å²) in [5.41, 5.74) is 2.93. The summed E-state index contributed by atoms with van der Waals surface area (Å²) in [7, 11) is 0. The Kier molecular flexibility index (Phi) is 5.69. The zero-order valence-electron chi connectivity index (χ0n) is 15.7. The van der Waals surface area contributed by atoms with Crippen molar-refractivity contribution in [2.24, 2.45) is 0 Å². The first-order chi connectivity index (χ1) is 12.1. The van der Waals surface area contributed by atoms with E-state index in [0.717, 1.165) is 22.6 Å². The number of hydrogen-bond acceptors (Lipinski definition) is 4. The van der Waals surface area contributed by atoms with Crippen molar-refractivity contribution in [3.05, 3.63) is 47.5 Å². The van der Waals surface area contributed by atoms with E-state index in [0.29, 0.717) is 0 Å². The van der Waals surface area contributed by atoms with Crippen LogP contribution >= 0.6 is 0 Å². The van der Waals surface area contributed by atoms with E-state index in [9.17, 15) is 14.7 Å². The number of aliphatic carboxylic acids is 1. The van der Waals surface area contributed by atoms with Crippen molar-refractivity contribution >= 4 is 12.1 Å². The number of alkyl carbamates (subject to hydrolysis) is 1. The minimum atomic E-state index is -1.11. The van der Waals surface area contributed by atoms with Gasteiger partial charge < -0.3 is 19.7 Å². The molecule has 1 amide bonds. The summed E-state index contributed by atoms with van der Waals surface area (Å²) >= 11 is 0. The van der Waals surface area contributed by atoms with E-state index in [1.54, 1.807) is 33.2 Å². The first kappa shape index (κ1) is 19.5. The molecule has 0 aliphatic carbocycles. The third-order valence-electron chi connectivity index (χ3n) is 3.85. The van der Waals surface area contributed by atoms with E-state index in [2.05, 4.69) is 10.3 Å². The van der Waals surface area contributed by atoms with Gasteiger partial charge in [-0.2, -0.15) is 0 Å². The molecule has 0 bridgehead atoms. The highest BCUT2D eigenvalue weighted by Gasteiger charge is 2.25. The SMILES string of the molecule is Cc1cc(CC(NC(=O)OC(C)(C)C)C(=O)O)c(C)n1-c1cccnc1. The van der Waals surface area contributed by atoms with Gasteiger partial charge in [-0.05, 0) is 58.4 Å². The van der Waals surface area contributed by atoms with Crippen LogP contribution in [0.3, 0.4) is 0 Å². The Morgan fingerprint density at radius 2 is 2.04 bits per heavy atom. The highest BCUT2D eigenvalue weighted by Crippen LogP contribution is 2.21. The van der Waals surface area contributed by atoms with Gasteiger partial charge in [0.25, 0.3) is 0 Å². The molecule has 2 rings (SSSR count). The molecule has 2 aromatic heterocycles. The smallest absolute Gasteiger partial charge is 0.408 e. The minimum Gasteiger partial charge on any atom is -0.480 e. The van der Waals surface area contributed by atoms with Crippen LogP contribution in [0.15, 0.2) is 30.6 Å². The molecule has 0 aliphatic heterocycles. The van der Waals surface area contributed by atoms with Crippen LogP contribution in [0, 0.1) is 13.8 Å². The van der Waals surface area contributed by atoms with Crippen molar-refractivity contribution in [2.75, 3.05) is 0 Å². The molecule has 140 valence electrons. The molecule has 0 spiro atoms. The van der Waals surface area contributed by atoms with Crippen LogP contribution in [0.25, 0.3) is 5.69 Å². The summed E-state index contributed by atoms with van der Waals surface area (Å²) < 4.78 is 7.17. The number of nitrogens with one attached hydrogen (secondary N) is 1. The van der Waals surface area contributed by atoms with E-state index in [1.165, 1.54) is 0 Å². The number of carbonyl (C=O) groups excluding carboxylic acids is 1. The average molecular weight is 359 g/mol. The Bertz CT molecular complexity index is 791. The predicted molar refractivity (Wildman–Crippen MR) is 97.5 cm³/mol. The van der Waals surface area contributed by atoms with Crippen molar-refractivity contribution in [3.63, 3.8) is 0 Å². The number of carboxylic acid groups (broad SMARTS) is 1. The second-order valence-corrected chi connectivity index (χ2v) is 7.18. The quantitative estimate of drug-likeness (QED) is 0.856. The Morgan fingerprint density at radius 1 is 1.35 bits per heavy atom. The summed E-state index contributed by atoms with van der Waals surface area (Å²) in [6.07, 6.45) is 2.86. The van der Waals surface area contributed by atoms with Gasteiger partial charge in [0, 0.05) is 24.0 Å². The van der Waals surface area contributed by atoms with Crippen molar-refractivity contribution in [1.82, 2.24) is 14.9 Å². The molecular weight excluding hydrogens is 334 g/mol. The Morgan fingerprint density at radius 3 is 2.58 bits per heavy atom. The summed E-state index contributed by atoms with van der Waals surface area (Å²) in [5, 5.41) is 11.9. The number of pyridine rings is 1. The number of nitrogens with zero attached hydrogens (tertiary/aromatic N) is 2. The lowest BCUT2D eigenvalue weighted by Crippen LogP contribution is -2.44. The van der Waals surface area contributed by atoms with Gasteiger partial charge >= 0.3 is 12.1 Å². The lowest BCUT2D eigenvalue weighted by atomic mass is 10.1. The number of carboxylic acids is 1. The van der Waals surface area contributed by atoms with Crippen molar-refractivity contribution in [3.8, 4) is 5.69 Å². The Hall–Kier alpha value is -2.83. The van der Waals surface area contributed by atoms with Crippen molar-refractivity contribution < 1.29 is 19.4 Å². The Labute approximate surface area is 153 Å². The first-order valence-electron chi connectivity index (χ1n) is 8.39. The number of carbonyl (C=O) groups is 2. The van der Waals surface area contributed by atoms with Gasteiger partial charge in [0.1, 0.15) is 11.6 Å². The van der Waals surface area contributed by atoms with Crippen LogP contribution < -0.4 is 5.32 Å². The van der Waals surface area contributed by atoms with Crippen LogP contribution in [0.2, 0.25) is 0 Å². The molecule has 2 heterocycles.